The molecule has 0 saturated heterocycles. The number of rotatable bonds is 4. The third-order valence-corrected chi connectivity index (χ3v) is 2.39. The van der Waals surface area contributed by atoms with Crippen molar-refractivity contribution in [1.82, 2.24) is 10.2 Å². The highest BCUT2D eigenvalue weighted by atomic mass is 16.4. The molecule has 78 valence electrons. The van der Waals surface area contributed by atoms with Gasteiger partial charge in [0.25, 0.3) is 0 Å². The zero-order chi connectivity index (χ0) is 10.1. The summed E-state index contributed by atoms with van der Waals surface area (Å²) in [7, 11) is 0. The maximum Gasteiger partial charge on any atom is 0.318 e. The van der Waals surface area contributed by atoms with E-state index in [0.717, 1.165) is 6.54 Å². The predicted molar refractivity (Wildman–Crippen MR) is 52.9 cm³/mol. The van der Waals surface area contributed by atoms with E-state index in [4.69, 9.17) is 10.2 Å². The van der Waals surface area contributed by atoms with Crippen LogP contribution in [0.2, 0.25) is 0 Å². The van der Waals surface area contributed by atoms with Crippen LogP contribution >= 0.6 is 0 Å². The third kappa shape index (κ3) is 1.72. The quantitative estimate of drug-likeness (QED) is 0.780. The number of aromatic nitrogens is 2. The summed E-state index contributed by atoms with van der Waals surface area (Å²) in [5.74, 6) is 0.513. The summed E-state index contributed by atoms with van der Waals surface area (Å²) in [6.07, 6.45) is 2.45. The van der Waals surface area contributed by atoms with Crippen LogP contribution in [-0.4, -0.2) is 22.8 Å². The highest BCUT2D eigenvalue weighted by Crippen LogP contribution is 2.30. The molecule has 1 aromatic heterocycles. The molecule has 0 aliphatic heterocycles. The SMILES string of the molecule is CCN(c1nnc(C(C)N)o1)C1CC1. The first-order chi connectivity index (χ1) is 6.72. The maximum atomic E-state index is 5.65. The van der Waals surface area contributed by atoms with Gasteiger partial charge in [0.05, 0.1) is 6.04 Å². The first-order valence-corrected chi connectivity index (χ1v) is 5.08. The van der Waals surface area contributed by atoms with Gasteiger partial charge in [0.15, 0.2) is 0 Å². The zero-order valence-electron chi connectivity index (χ0n) is 8.60. The average molecular weight is 196 g/mol. The van der Waals surface area contributed by atoms with Gasteiger partial charge < -0.3 is 15.1 Å². The Labute approximate surface area is 83.3 Å². The van der Waals surface area contributed by atoms with E-state index in [2.05, 4.69) is 22.0 Å². The second kappa shape index (κ2) is 3.57. The lowest BCUT2D eigenvalue weighted by molar-refractivity contribution is 0.456. The first kappa shape index (κ1) is 9.45. The topological polar surface area (TPSA) is 68.2 Å². The largest absolute Gasteiger partial charge is 0.406 e. The zero-order valence-corrected chi connectivity index (χ0v) is 8.60. The van der Waals surface area contributed by atoms with Crippen LogP contribution in [0.1, 0.15) is 38.6 Å². The molecule has 1 saturated carbocycles. The summed E-state index contributed by atoms with van der Waals surface area (Å²) in [4.78, 5) is 2.14. The van der Waals surface area contributed by atoms with Gasteiger partial charge in [-0.15, -0.1) is 5.10 Å². The maximum absolute atomic E-state index is 5.65. The van der Waals surface area contributed by atoms with Gasteiger partial charge in [-0.25, -0.2) is 0 Å². The van der Waals surface area contributed by atoms with Crippen molar-refractivity contribution >= 4 is 6.01 Å². The fourth-order valence-electron chi connectivity index (χ4n) is 1.46. The molecule has 1 aromatic rings. The minimum Gasteiger partial charge on any atom is -0.406 e. The molecule has 14 heavy (non-hydrogen) atoms. The Balaban J connectivity index is 2.13. The normalized spacial score (nSPS) is 18.2. The molecule has 1 fully saturated rings. The van der Waals surface area contributed by atoms with Crippen LogP contribution in [0.4, 0.5) is 6.01 Å². The van der Waals surface area contributed by atoms with E-state index in [1.807, 2.05) is 6.92 Å². The van der Waals surface area contributed by atoms with Crippen LogP contribution < -0.4 is 10.6 Å². The van der Waals surface area contributed by atoms with Gasteiger partial charge in [0, 0.05) is 12.6 Å². The number of hydrogen-bond donors (Lipinski definition) is 1. The van der Waals surface area contributed by atoms with Crippen LogP contribution in [0.5, 0.6) is 0 Å². The van der Waals surface area contributed by atoms with Gasteiger partial charge in [-0.05, 0) is 26.7 Å². The highest BCUT2D eigenvalue weighted by molar-refractivity contribution is 5.29. The molecule has 5 nitrogen and oxygen atoms in total. The van der Waals surface area contributed by atoms with E-state index < -0.39 is 0 Å². The Hall–Kier alpha value is -1.10. The second-order valence-electron chi connectivity index (χ2n) is 3.73. The minimum absolute atomic E-state index is 0.186. The van der Waals surface area contributed by atoms with Gasteiger partial charge in [0.2, 0.25) is 5.89 Å². The Kier molecular flexibility index (Phi) is 2.41. The van der Waals surface area contributed by atoms with Crippen molar-refractivity contribution in [3.63, 3.8) is 0 Å². The number of nitrogens with two attached hydrogens (primary N) is 1. The minimum atomic E-state index is -0.186. The molecule has 0 bridgehead atoms. The van der Waals surface area contributed by atoms with Gasteiger partial charge >= 0.3 is 6.01 Å². The molecule has 1 aliphatic carbocycles. The van der Waals surface area contributed by atoms with Crippen molar-refractivity contribution in [2.75, 3.05) is 11.4 Å². The molecular formula is C9H16N4O. The van der Waals surface area contributed by atoms with Gasteiger partial charge in [-0.1, -0.05) is 5.10 Å². The van der Waals surface area contributed by atoms with E-state index in [9.17, 15) is 0 Å². The molecular weight excluding hydrogens is 180 g/mol. The van der Waals surface area contributed by atoms with E-state index in [1.165, 1.54) is 12.8 Å². The van der Waals surface area contributed by atoms with Crippen LogP contribution in [0, 0.1) is 0 Å². The number of hydrogen-bond acceptors (Lipinski definition) is 5. The smallest absolute Gasteiger partial charge is 0.318 e. The Morgan fingerprint density at radius 2 is 2.29 bits per heavy atom. The Morgan fingerprint density at radius 3 is 2.71 bits per heavy atom. The van der Waals surface area contributed by atoms with E-state index in [1.54, 1.807) is 0 Å². The van der Waals surface area contributed by atoms with Crippen LogP contribution in [-0.2, 0) is 0 Å². The van der Waals surface area contributed by atoms with Crippen LogP contribution in [0.3, 0.4) is 0 Å². The summed E-state index contributed by atoms with van der Waals surface area (Å²) >= 11 is 0. The molecule has 0 spiro atoms. The predicted octanol–water partition coefficient (Wildman–Crippen LogP) is 1.08. The summed E-state index contributed by atoms with van der Waals surface area (Å²) in [5, 5.41) is 7.91. The van der Waals surface area contributed by atoms with E-state index >= 15 is 0 Å². The van der Waals surface area contributed by atoms with Gasteiger partial charge in [-0.2, -0.15) is 0 Å². The second-order valence-corrected chi connectivity index (χ2v) is 3.73. The molecule has 1 unspecified atom stereocenters. The molecule has 0 amide bonds. The fraction of sp³-hybridized carbons (Fsp3) is 0.778. The van der Waals surface area contributed by atoms with Crippen molar-refractivity contribution in [1.29, 1.82) is 0 Å². The van der Waals surface area contributed by atoms with Gasteiger partial charge in [-0.3, -0.25) is 0 Å². The van der Waals surface area contributed by atoms with Crippen LogP contribution in [0.25, 0.3) is 0 Å². The standard InChI is InChI=1S/C9H16N4O/c1-3-13(7-4-5-7)9-12-11-8(14-9)6(2)10/h6-7H,3-5,10H2,1-2H3. The lowest BCUT2D eigenvalue weighted by Gasteiger charge is -2.16. The monoisotopic (exact) mass is 196 g/mol. The number of anilines is 1. The third-order valence-electron chi connectivity index (χ3n) is 2.39. The molecule has 0 radical (unpaired) electrons. The molecule has 2 rings (SSSR count). The summed E-state index contributed by atoms with van der Waals surface area (Å²) in [6.45, 7) is 4.84. The molecule has 1 heterocycles. The van der Waals surface area contributed by atoms with Crippen molar-refractivity contribution in [3.05, 3.63) is 5.89 Å². The molecule has 1 atom stereocenters. The molecule has 5 heteroatoms. The Bertz CT molecular complexity index is 306. The van der Waals surface area contributed by atoms with Crippen LogP contribution in [0.15, 0.2) is 4.42 Å². The van der Waals surface area contributed by atoms with Crippen molar-refractivity contribution in [2.24, 2.45) is 5.73 Å². The summed E-state index contributed by atoms with van der Waals surface area (Å²) in [6, 6.07) is 1.03. The molecule has 0 aromatic carbocycles. The lowest BCUT2D eigenvalue weighted by Crippen LogP contribution is -2.25. The molecule has 1 aliphatic rings. The van der Waals surface area contributed by atoms with E-state index in [-0.39, 0.29) is 6.04 Å². The average Bonchev–Trinajstić information content (AvgIpc) is 2.84. The first-order valence-electron chi connectivity index (χ1n) is 5.08. The van der Waals surface area contributed by atoms with Crippen molar-refractivity contribution in [2.45, 2.75) is 38.8 Å². The highest BCUT2D eigenvalue weighted by Gasteiger charge is 2.31. The number of nitrogens with zero attached hydrogens (tertiary/aromatic N) is 3. The lowest BCUT2D eigenvalue weighted by atomic mass is 10.4. The summed E-state index contributed by atoms with van der Waals surface area (Å²) in [5.41, 5.74) is 5.65. The van der Waals surface area contributed by atoms with E-state index in [0.29, 0.717) is 17.9 Å². The Morgan fingerprint density at radius 1 is 1.57 bits per heavy atom. The summed E-state index contributed by atoms with van der Waals surface area (Å²) < 4.78 is 5.48. The van der Waals surface area contributed by atoms with Crippen molar-refractivity contribution < 1.29 is 4.42 Å². The fourth-order valence-corrected chi connectivity index (χ4v) is 1.46. The molecule has 2 N–H and O–H groups in total. The van der Waals surface area contributed by atoms with Crippen molar-refractivity contribution in [3.8, 4) is 0 Å². The van der Waals surface area contributed by atoms with Gasteiger partial charge in [0.1, 0.15) is 0 Å².